The average molecular weight is 319 g/mol. The third-order valence-corrected chi connectivity index (χ3v) is 5.52. The minimum atomic E-state index is -4.13. The van der Waals surface area contributed by atoms with Crippen LogP contribution < -0.4 is 4.72 Å². The summed E-state index contributed by atoms with van der Waals surface area (Å²) < 4.78 is 53.7. The number of rotatable bonds is 5. The zero-order chi connectivity index (χ0) is 15.6. The molecule has 1 saturated carbocycles. The number of aliphatic hydroxyl groups excluding tert-OH is 1. The van der Waals surface area contributed by atoms with Crippen LogP contribution in [0.5, 0.6) is 0 Å². The lowest BCUT2D eigenvalue weighted by atomic mass is 9.99. The van der Waals surface area contributed by atoms with Crippen LogP contribution in [-0.2, 0) is 16.6 Å². The van der Waals surface area contributed by atoms with Crippen molar-refractivity contribution >= 4 is 10.0 Å². The molecule has 21 heavy (non-hydrogen) atoms. The molecule has 2 atom stereocenters. The molecule has 0 heterocycles. The van der Waals surface area contributed by atoms with Crippen molar-refractivity contribution < 1.29 is 22.3 Å². The van der Waals surface area contributed by atoms with Gasteiger partial charge in [0.2, 0.25) is 10.0 Å². The van der Waals surface area contributed by atoms with E-state index in [0.717, 1.165) is 31.4 Å². The molecule has 2 N–H and O–H groups in total. The molecule has 2 rings (SSSR count). The van der Waals surface area contributed by atoms with E-state index in [1.54, 1.807) is 0 Å². The maximum Gasteiger partial charge on any atom is 0.243 e. The van der Waals surface area contributed by atoms with Gasteiger partial charge in [-0.05, 0) is 36.0 Å². The molecule has 7 heteroatoms. The standard InChI is InChI=1S/C14H19F2NO3S/c1-9-3-2-4-11(9)7-17-21(19,20)13-6-10(8-18)5-12(15)14(13)16/h5-6,9,11,17-18H,2-4,7-8H2,1H3. The fraction of sp³-hybridized carbons (Fsp3) is 0.571. The normalized spacial score (nSPS) is 22.7. The predicted octanol–water partition coefficient (Wildman–Crippen LogP) is 2.17. The highest BCUT2D eigenvalue weighted by molar-refractivity contribution is 7.89. The molecule has 0 amide bonds. The summed E-state index contributed by atoms with van der Waals surface area (Å²) in [6.07, 6.45) is 3.03. The van der Waals surface area contributed by atoms with Crippen LogP contribution in [0.1, 0.15) is 31.7 Å². The smallest absolute Gasteiger partial charge is 0.243 e. The topological polar surface area (TPSA) is 66.4 Å². The summed E-state index contributed by atoms with van der Waals surface area (Å²) in [5.74, 6) is -2.07. The first-order chi connectivity index (χ1) is 9.85. The van der Waals surface area contributed by atoms with E-state index in [1.807, 2.05) is 0 Å². The lowest BCUT2D eigenvalue weighted by molar-refractivity contribution is 0.280. The molecule has 1 fully saturated rings. The largest absolute Gasteiger partial charge is 0.392 e. The van der Waals surface area contributed by atoms with Crippen molar-refractivity contribution in [2.24, 2.45) is 11.8 Å². The van der Waals surface area contributed by atoms with Crippen LogP contribution in [0.3, 0.4) is 0 Å². The van der Waals surface area contributed by atoms with Gasteiger partial charge in [0.1, 0.15) is 4.90 Å². The summed E-state index contributed by atoms with van der Waals surface area (Å²) in [6, 6.07) is 1.74. The van der Waals surface area contributed by atoms with Gasteiger partial charge >= 0.3 is 0 Å². The Morgan fingerprint density at radius 1 is 1.33 bits per heavy atom. The van der Waals surface area contributed by atoms with Gasteiger partial charge < -0.3 is 5.11 Å². The van der Waals surface area contributed by atoms with E-state index in [-0.39, 0.29) is 18.0 Å². The second-order valence-electron chi connectivity index (χ2n) is 5.57. The van der Waals surface area contributed by atoms with Gasteiger partial charge in [0.05, 0.1) is 6.61 Å². The first-order valence-electron chi connectivity index (χ1n) is 6.93. The Kier molecular flexibility index (Phi) is 4.95. The first-order valence-corrected chi connectivity index (χ1v) is 8.42. The molecule has 0 bridgehead atoms. The van der Waals surface area contributed by atoms with E-state index >= 15 is 0 Å². The Morgan fingerprint density at radius 2 is 2.05 bits per heavy atom. The monoisotopic (exact) mass is 319 g/mol. The third kappa shape index (κ3) is 3.59. The van der Waals surface area contributed by atoms with Gasteiger partial charge in [-0.1, -0.05) is 19.8 Å². The van der Waals surface area contributed by atoms with E-state index in [4.69, 9.17) is 5.11 Å². The van der Waals surface area contributed by atoms with Crippen LogP contribution in [0.4, 0.5) is 8.78 Å². The van der Waals surface area contributed by atoms with E-state index < -0.39 is 33.2 Å². The van der Waals surface area contributed by atoms with Gasteiger partial charge in [-0.15, -0.1) is 0 Å². The van der Waals surface area contributed by atoms with Crippen molar-refractivity contribution in [3.05, 3.63) is 29.3 Å². The van der Waals surface area contributed by atoms with Gasteiger partial charge in [-0.2, -0.15) is 0 Å². The molecular formula is C14H19F2NO3S. The number of aliphatic hydroxyl groups is 1. The molecule has 0 aromatic heterocycles. The molecule has 1 aromatic carbocycles. The number of nitrogens with one attached hydrogen (secondary N) is 1. The molecule has 118 valence electrons. The minimum Gasteiger partial charge on any atom is -0.392 e. The van der Waals surface area contributed by atoms with Crippen molar-refractivity contribution in [2.45, 2.75) is 37.7 Å². The molecule has 1 aliphatic carbocycles. The Balaban J connectivity index is 2.21. The molecule has 1 aliphatic rings. The number of benzene rings is 1. The summed E-state index contributed by atoms with van der Waals surface area (Å²) in [7, 11) is -4.13. The number of hydrogen-bond acceptors (Lipinski definition) is 3. The third-order valence-electron chi connectivity index (χ3n) is 4.10. The molecular weight excluding hydrogens is 300 g/mol. The van der Waals surface area contributed by atoms with E-state index in [0.29, 0.717) is 5.92 Å². The predicted molar refractivity (Wildman–Crippen MR) is 74.0 cm³/mol. The number of sulfonamides is 1. The molecule has 1 aromatic rings. The molecule has 0 radical (unpaired) electrons. The summed E-state index contributed by atoms with van der Waals surface area (Å²) in [5.41, 5.74) is 0.0171. The van der Waals surface area contributed by atoms with Crippen LogP contribution in [0.25, 0.3) is 0 Å². The Morgan fingerprint density at radius 3 is 2.62 bits per heavy atom. The fourth-order valence-electron chi connectivity index (χ4n) is 2.72. The maximum absolute atomic E-state index is 13.7. The summed E-state index contributed by atoms with van der Waals surface area (Å²) in [5, 5.41) is 8.98. The van der Waals surface area contributed by atoms with Crippen molar-refractivity contribution in [3.63, 3.8) is 0 Å². The molecule has 0 spiro atoms. The highest BCUT2D eigenvalue weighted by atomic mass is 32.2. The lowest BCUT2D eigenvalue weighted by Crippen LogP contribution is -2.31. The fourth-order valence-corrected chi connectivity index (χ4v) is 3.95. The number of hydrogen-bond donors (Lipinski definition) is 2. The second kappa shape index (κ2) is 6.37. The van der Waals surface area contributed by atoms with E-state index in [1.165, 1.54) is 0 Å². The van der Waals surface area contributed by atoms with Crippen LogP contribution >= 0.6 is 0 Å². The number of halogens is 2. The lowest BCUT2D eigenvalue weighted by Gasteiger charge is -2.16. The highest BCUT2D eigenvalue weighted by Crippen LogP contribution is 2.31. The van der Waals surface area contributed by atoms with Gasteiger partial charge in [0, 0.05) is 6.54 Å². The average Bonchev–Trinajstić information content (AvgIpc) is 2.84. The first kappa shape index (κ1) is 16.3. The van der Waals surface area contributed by atoms with Crippen molar-refractivity contribution in [1.29, 1.82) is 0 Å². The zero-order valence-electron chi connectivity index (χ0n) is 11.8. The van der Waals surface area contributed by atoms with E-state index in [2.05, 4.69) is 11.6 Å². The molecule has 4 nitrogen and oxygen atoms in total. The molecule has 0 saturated heterocycles. The van der Waals surface area contributed by atoms with Crippen molar-refractivity contribution in [2.75, 3.05) is 6.54 Å². The van der Waals surface area contributed by atoms with Crippen molar-refractivity contribution in [3.8, 4) is 0 Å². The summed E-state index contributed by atoms with van der Waals surface area (Å²) in [4.78, 5) is -0.753. The van der Waals surface area contributed by atoms with Gasteiger partial charge in [0.15, 0.2) is 11.6 Å². The van der Waals surface area contributed by atoms with Crippen molar-refractivity contribution in [1.82, 2.24) is 4.72 Å². The minimum absolute atomic E-state index is 0.0171. The Labute approximate surface area is 123 Å². The summed E-state index contributed by atoms with van der Waals surface area (Å²) >= 11 is 0. The SMILES string of the molecule is CC1CCCC1CNS(=O)(=O)c1cc(CO)cc(F)c1F. The van der Waals surface area contributed by atoms with Gasteiger partial charge in [-0.25, -0.2) is 21.9 Å². The zero-order valence-corrected chi connectivity index (χ0v) is 12.6. The Hall–Kier alpha value is -1.05. The van der Waals surface area contributed by atoms with E-state index in [9.17, 15) is 17.2 Å². The quantitative estimate of drug-likeness (QED) is 0.874. The van der Waals surface area contributed by atoms with Gasteiger partial charge in [0.25, 0.3) is 0 Å². The van der Waals surface area contributed by atoms with Crippen LogP contribution in [0.2, 0.25) is 0 Å². The highest BCUT2D eigenvalue weighted by Gasteiger charge is 2.27. The van der Waals surface area contributed by atoms with Crippen LogP contribution in [0, 0.1) is 23.5 Å². The Bertz CT molecular complexity index is 619. The van der Waals surface area contributed by atoms with Crippen LogP contribution in [0.15, 0.2) is 17.0 Å². The summed E-state index contributed by atoms with van der Waals surface area (Å²) in [6.45, 7) is 1.71. The van der Waals surface area contributed by atoms with Crippen LogP contribution in [-0.4, -0.2) is 20.1 Å². The molecule has 2 unspecified atom stereocenters. The van der Waals surface area contributed by atoms with Gasteiger partial charge in [-0.3, -0.25) is 0 Å². The molecule has 0 aliphatic heterocycles. The second-order valence-corrected chi connectivity index (χ2v) is 7.30. The maximum atomic E-state index is 13.7.